The number of nitrogens with one attached hydrogen (secondary N) is 1. The molecule has 0 spiro atoms. The van der Waals surface area contributed by atoms with Gasteiger partial charge in [0.2, 0.25) is 0 Å². The molecule has 54 valence electrons. The topological polar surface area (TPSA) is 32.3 Å². The average Bonchev–Trinajstić information content (AvgIpc) is 2.10. The first-order valence-electron chi connectivity index (χ1n) is 3.50. The van der Waals surface area contributed by atoms with Crippen LogP contribution in [0.1, 0.15) is 20.3 Å². The molecule has 0 radical (unpaired) electrons. The van der Waals surface area contributed by atoms with Crippen molar-refractivity contribution in [2.45, 2.75) is 25.8 Å². The van der Waals surface area contributed by atoms with E-state index in [0.29, 0.717) is 12.5 Å². The fourth-order valence-electron chi connectivity index (χ4n) is 1.42. The van der Waals surface area contributed by atoms with Crippen LogP contribution in [-0.2, 0) is 0 Å². The zero-order valence-electron chi connectivity index (χ0n) is 6.15. The van der Waals surface area contributed by atoms with Crippen LogP contribution in [0.2, 0.25) is 0 Å². The summed E-state index contributed by atoms with van der Waals surface area (Å²) >= 11 is 0. The molecule has 0 amide bonds. The van der Waals surface area contributed by atoms with Gasteiger partial charge in [-0.2, -0.15) is 0 Å². The Bertz CT molecular complexity index is 101. The van der Waals surface area contributed by atoms with E-state index in [1.165, 1.54) is 0 Å². The third-order valence-corrected chi connectivity index (χ3v) is 1.93. The van der Waals surface area contributed by atoms with Crippen molar-refractivity contribution in [2.24, 2.45) is 5.92 Å². The molecule has 9 heavy (non-hydrogen) atoms. The van der Waals surface area contributed by atoms with Crippen LogP contribution in [0, 0.1) is 5.92 Å². The van der Waals surface area contributed by atoms with E-state index in [1.807, 2.05) is 0 Å². The summed E-state index contributed by atoms with van der Waals surface area (Å²) in [4.78, 5) is 0. The molecule has 1 aliphatic heterocycles. The summed E-state index contributed by atoms with van der Waals surface area (Å²) in [6.07, 6.45) is 1.10. The number of hydrogen-bond acceptors (Lipinski definition) is 2. The summed E-state index contributed by atoms with van der Waals surface area (Å²) in [5.74, 6) is 0.486. The van der Waals surface area contributed by atoms with E-state index < -0.39 is 0 Å². The molecule has 0 unspecified atom stereocenters. The number of hydrogen-bond donors (Lipinski definition) is 2. The first-order chi connectivity index (χ1) is 4.14. The third-order valence-electron chi connectivity index (χ3n) is 1.93. The third kappa shape index (κ3) is 1.66. The largest absolute Gasteiger partial charge is 0.396 e. The van der Waals surface area contributed by atoms with Crippen molar-refractivity contribution < 1.29 is 5.11 Å². The van der Waals surface area contributed by atoms with Gasteiger partial charge in [0.15, 0.2) is 0 Å². The minimum atomic E-state index is 0.257. The number of aliphatic hydroxyl groups excluding tert-OH is 1. The van der Waals surface area contributed by atoms with E-state index in [1.54, 1.807) is 0 Å². The number of aliphatic hydroxyl groups is 1. The normalized spacial score (nSPS) is 33.0. The Morgan fingerprint density at radius 2 is 2.33 bits per heavy atom. The molecule has 1 atom stereocenters. The first-order valence-corrected chi connectivity index (χ1v) is 3.50. The predicted octanol–water partition coefficient (Wildman–Crippen LogP) is 0.367. The summed E-state index contributed by atoms with van der Waals surface area (Å²) in [7, 11) is 0. The average molecular weight is 129 g/mol. The minimum absolute atomic E-state index is 0.257. The molecule has 2 N–H and O–H groups in total. The van der Waals surface area contributed by atoms with Gasteiger partial charge in [0.05, 0.1) is 0 Å². The fourth-order valence-corrected chi connectivity index (χ4v) is 1.42. The molecule has 2 nitrogen and oxygen atoms in total. The first kappa shape index (κ1) is 7.03. The highest BCUT2D eigenvalue weighted by molar-refractivity contribution is 4.88. The standard InChI is InChI=1S/C7H15NO/c1-7(2)3-6(5-9)4-8-7/h6,8-9H,3-5H2,1-2H3/t6-/m1/s1. The summed E-state index contributed by atoms with van der Waals surface area (Å²) in [6.45, 7) is 5.64. The van der Waals surface area contributed by atoms with Gasteiger partial charge in [-0.1, -0.05) is 0 Å². The Morgan fingerprint density at radius 1 is 1.67 bits per heavy atom. The maximum Gasteiger partial charge on any atom is 0.0472 e. The Kier molecular flexibility index (Phi) is 1.78. The highest BCUT2D eigenvalue weighted by atomic mass is 16.3. The van der Waals surface area contributed by atoms with Crippen LogP contribution in [0.3, 0.4) is 0 Å². The molecule has 0 aromatic carbocycles. The highest BCUT2D eigenvalue weighted by Gasteiger charge is 2.29. The van der Waals surface area contributed by atoms with Crippen LogP contribution in [0.25, 0.3) is 0 Å². The number of rotatable bonds is 1. The lowest BCUT2D eigenvalue weighted by atomic mass is 9.98. The highest BCUT2D eigenvalue weighted by Crippen LogP contribution is 2.21. The second-order valence-electron chi connectivity index (χ2n) is 3.52. The summed E-state index contributed by atoms with van der Waals surface area (Å²) in [6, 6.07) is 0. The molecule has 2 heteroatoms. The van der Waals surface area contributed by atoms with Gasteiger partial charge in [0, 0.05) is 18.7 Å². The van der Waals surface area contributed by atoms with Crippen molar-refractivity contribution in [1.29, 1.82) is 0 Å². The molecule has 1 rings (SSSR count). The van der Waals surface area contributed by atoms with E-state index in [4.69, 9.17) is 5.11 Å². The van der Waals surface area contributed by atoms with Crippen molar-refractivity contribution >= 4 is 0 Å². The van der Waals surface area contributed by atoms with Crippen molar-refractivity contribution in [2.75, 3.05) is 13.2 Å². The van der Waals surface area contributed by atoms with Gasteiger partial charge in [-0.15, -0.1) is 0 Å². The maximum absolute atomic E-state index is 8.76. The lowest BCUT2D eigenvalue weighted by molar-refractivity contribution is 0.232. The van der Waals surface area contributed by atoms with Crippen molar-refractivity contribution in [3.63, 3.8) is 0 Å². The Hall–Kier alpha value is -0.0800. The predicted molar refractivity (Wildman–Crippen MR) is 37.3 cm³/mol. The van der Waals surface area contributed by atoms with E-state index >= 15 is 0 Å². The molecule has 1 heterocycles. The molecule has 0 aromatic heterocycles. The summed E-state index contributed by atoms with van der Waals surface area (Å²) < 4.78 is 0. The quantitative estimate of drug-likeness (QED) is 0.536. The zero-order valence-corrected chi connectivity index (χ0v) is 6.15. The zero-order chi connectivity index (χ0) is 6.91. The van der Waals surface area contributed by atoms with Crippen molar-refractivity contribution in [1.82, 2.24) is 5.32 Å². The van der Waals surface area contributed by atoms with Crippen LogP contribution in [-0.4, -0.2) is 23.8 Å². The van der Waals surface area contributed by atoms with E-state index in [-0.39, 0.29) is 5.54 Å². The molecule has 0 bridgehead atoms. The van der Waals surface area contributed by atoms with Crippen molar-refractivity contribution in [3.05, 3.63) is 0 Å². The second kappa shape index (κ2) is 2.27. The van der Waals surface area contributed by atoms with Crippen LogP contribution in [0.5, 0.6) is 0 Å². The van der Waals surface area contributed by atoms with Crippen LogP contribution in [0.4, 0.5) is 0 Å². The summed E-state index contributed by atoms with van der Waals surface area (Å²) in [5, 5.41) is 12.1. The van der Waals surface area contributed by atoms with Crippen LogP contribution >= 0.6 is 0 Å². The van der Waals surface area contributed by atoms with Gasteiger partial charge in [0.25, 0.3) is 0 Å². The Labute approximate surface area is 56.3 Å². The van der Waals surface area contributed by atoms with Gasteiger partial charge >= 0.3 is 0 Å². The molecule has 0 aromatic rings. The molecular formula is C7H15NO. The molecular weight excluding hydrogens is 114 g/mol. The van der Waals surface area contributed by atoms with Gasteiger partial charge in [-0.05, 0) is 26.2 Å². The SMILES string of the molecule is CC1(C)C[C@@H](CO)CN1. The van der Waals surface area contributed by atoms with Gasteiger partial charge < -0.3 is 10.4 Å². The van der Waals surface area contributed by atoms with Gasteiger partial charge in [0.1, 0.15) is 0 Å². The monoisotopic (exact) mass is 129 g/mol. The van der Waals surface area contributed by atoms with E-state index in [2.05, 4.69) is 19.2 Å². The fraction of sp³-hybridized carbons (Fsp3) is 1.00. The molecule has 1 aliphatic rings. The Morgan fingerprint density at radius 3 is 2.56 bits per heavy atom. The molecule has 0 saturated carbocycles. The van der Waals surface area contributed by atoms with Crippen LogP contribution in [0.15, 0.2) is 0 Å². The Balaban J connectivity index is 2.38. The maximum atomic E-state index is 8.76. The van der Waals surface area contributed by atoms with E-state index in [0.717, 1.165) is 13.0 Å². The lowest BCUT2D eigenvalue weighted by Gasteiger charge is -2.16. The van der Waals surface area contributed by atoms with Gasteiger partial charge in [-0.25, -0.2) is 0 Å². The smallest absolute Gasteiger partial charge is 0.0472 e. The summed E-state index contributed by atoms with van der Waals surface area (Å²) in [5.41, 5.74) is 0.257. The van der Waals surface area contributed by atoms with E-state index in [9.17, 15) is 0 Å². The molecule has 0 aliphatic carbocycles. The lowest BCUT2D eigenvalue weighted by Crippen LogP contribution is -2.31. The second-order valence-corrected chi connectivity index (χ2v) is 3.52. The van der Waals surface area contributed by atoms with Crippen molar-refractivity contribution in [3.8, 4) is 0 Å². The molecule has 1 saturated heterocycles. The minimum Gasteiger partial charge on any atom is -0.396 e. The van der Waals surface area contributed by atoms with Gasteiger partial charge in [-0.3, -0.25) is 0 Å². The van der Waals surface area contributed by atoms with Crippen LogP contribution < -0.4 is 5.32 Å². The molecule has 1 fully saturated rings.